The Kier molecular flexibility index (Phi) is 12.3. The molecule has 2 aromatic carbocycles. The number of carbonyl (C=O) groups excluding carboxylic acids is 4. The van der Waals surface area contributed by atoms with Crippen molar-refractivity contribution >= 4 is 23.9 Å². The number of aromatic hydroxyl groups is 1. The number of carbonyl (C=O) groups is 4. The quantitative estimate of drug-likeness (QED) is 0.220. The molecule has 3 unspecified atom stereocenters. The van der Waals surface area contributed by atoms with Gasteiger partial charge in [-0.25, -0.2) is 9.59 Å². The zero-order chi connectivity index (χ0) is 33.2. The van der Waals surface area contributed by atoms with Crippen LogP contribution in [0.25, 0.3) is 0 Å². The maximum Gasteiger partial charge on any atom is 0.408 e. The molecule has 0 fully saturated rings. The molecule has 4 N–H and O–H groups in total. The first-order valence-electron chi connectivity index (χ1n) is 14.1. The lowest BCUT2D eigenvalue weighted by Crippen LogP contribution is -2.56. The molecule has 0 radical (unpaired) electrons. The second-order valence-corrected chi connectivity index (χ2v) is 12.2. The lowest BCUT2D eigenvalue weighted by atomic mass is 9.98. The van der Waals surface area contributed by atoms with Gasteiger partial charge in [0, 0.05) is 12.0 Å². The van der Waals surface area contributed by atoms with E-state index < -0.39 is 66.4 Å². The Morgan fingerprint density at radius 1 is 0.909 bits per heavy atom. The number of aryl methyl sites for hydroxylation is 1. The van der Waals surface area contributed by atoms with Gasteiger partial charge in [0.2, 0.25) is 11.8 Å². The minimum atomic E-state index is -1.66. The first kappa shape index (κ1) is 35.6. The summed E-state index contributed by atoms with van der Waals surface area (Å²) in [7, 11) is 0. The van der Waals surface area contributed by atoms with Crippen molar-refractivity contribution in [3.8, 4) is 11.8 Å². The van der Waals surface area contributed by atoms with E-state index in [1.807, 2.05) is 6.07 Å². The van der Waals surface area contributed by atoms with Gasteiger partial charge in [-0.1, -0.05) is 48.5 Å². The van der Waals surface area contributed by atoms with Crippen LogP contribution in [0.3, 0.4) is 0 Å². The van der Waals surface area contributed by atoms with Crippen molar-refractivity contribution in [3.05, 3.63) is 65.2 Å². The van der Waals surface area contributed by atoms with Crippen molar-refractivity contribution in [3.63, 3.8) is 0 Å². The summed E-state index contributed by atoms with van der Waals surface area (Å²) in [5.74, 6) is -2.96. The van der Waals surface area contributed by atoms with Crippen LogP contribution in [-0.4, -0.2) is 75.4 Å². The molecule has 0 spiro atoms. The molecule has 3 amide bonds. The van der Waals surface area contributed by atoms with E-state index in [1.54, 1.807) is 90.9 Å². The molecule has 3 atom stereocenters. The Morgan fingerprint density at radius 2 is 1.52 bits per heavy atom. The highest BCUT2D eigenvalue weighted by atomic mass is 16.6. The highest BCUT2D eigenvalue weighted by molar-refractivity contribution is 5.94. The van der Waals surface area contributed by atoms with Crippen molar-refractivity contribution < 1.29 is 38.9 Å². The van der Waals surface area contributed by atoms with Gasteiger partial charge in [0.15, 0.2) is 0 Å². The van der Waals surface area contributed by atoms with Crippen molar-refractivity contribution in [1.82, 2.24) is 15.5 Å². The van der Waals surface area contributed by atoms with Gasteiger partial charge in [0.25, 0.3) is 0 Å². The molecule has 238 valence electrons. The van der Waals surface area contributed by atoms with Crippen molar-refractivity contribution in [2.24, 2.45) is 0 Å². The van der Waals surface area contributed by atoms with Crippen LogP contribution in [0.1, 0.15) is 64.3 Å². The smallest absolute Gasteiger partial charge is 0.408 e. The van der Waals surface area contributed by atoms with Crippen LogP contribution < -0.4 is 10.6 Å². The maximum absolute atomic E-state index is 14.1. The molecule has 0 aromatic heterocycles. The molecule has 0 aliphatic rings. The fourth-order valence-corrected chi connectivity index (χ4v) is 4.23. The number of phenols is 1. The number of ether oxygens (including phenoxy) is 2. The number of phenolic OH excluding ortho intramolecular Hbond substituents is 1. The number of aliphatic hydroxyl groups excluding tert-OH is 1. The average Bonchev–Trinajstić information content (AvgIpc) is 2.91. The minimum absolute atomic E-state index is 0.0392. The molecule has 2 aromatic rings. The van der Waals surface area contributed by atoms with Gasteiger partial charge >= 0.3 is 12.1 Å². The van der Waals surface area contributed by atoms with E-state index in [2.05, 4.69) is 10.6 Å². The first-order valence-corrected chi connectivity index (χ1v) is 14.1. The standard InChI is InChI=1S/C32H42N4O8/c1-20-12-11-15-22(26(20)38)25(36(17-16-33)28(40)24(19-37)35-30(42)44-32(5,6)7)27(39)34-23(29(41)43-31(2,3)4)18-21-13-9-8-10-14-21/h8-15,23-25,37-38H,17-19H2,1-7H3,(H,34,39)(H,35,42). The summed E-state index contributed by atoms with van der Waals surface area (Å²) in [6.07, 6.45) is -0.964. The first-order chi connectivity index (χ1) is 20.5. The van der Waals surface area contributed by atoms with Crippen molar-refractivity contribution in [2.45, 2.75) is 84.2 Å². The van der Waals surface area contributed by atoms with Gasteiger partial charge in [0.1, 0.15) is 41.6 Å². The molecule has 44 heavy (non-hydrogen) atoms. The number of esters is 1. The number of amides is 3. The van der Waals surface area contributed by atoms with Crippen LogP contribution in [0.2, 0.25) is 0 Å². The molecular weight excluding hydrogens is 568 g/mol. The van der Waals surface area contributed by atoms with Gasteiger partial charge < -0.3 is 35.2 Å². The predicted octanol–water partition coefficient (Wildman–Crippen LogP) is 3.05. The minimum Gasteiger partial charge on any atom is -0.507 e. The molecule has 2 rings (SSSR count). The van der Waals surface area contributed by atoms with E-state index in [0.717, 1.165) is 4.90 Å². The molecule has 12 nitrogen and oxygen atoms in total. The van der Waals surface area contributed by atoms with Crippen LogP contribution in [0, 0.1) is 18.3 Å². The van der Waals surface area contributed by atoms with Crippen molar-refractivity contribution in [1.29, 1.82) is 5.26 Å². The normalized spacial score (nSPS) is 13.4. The zero-order valence-corrected chi connectivity index (χ0v) is 26.2. The van der Waals surface area contributed by atoms with Gasteiger partial charge in [-0.15, -0.1) is 0 Å². The van der Waals surface area contributed by atoms with Crippen molar-refractivity contribution in [2.75, 3.05) is 13.2 Å². The molecule has 12 heteroatoms. The highest BCUT2D eigenvalue weighted by Crippen LogP contribution is 2.32. The largest absolute Gasteiger partial charge is 0.507 e. The molecule has 0 bridgehead atoms. The molecule has 0 saturated heterocycles. The van der Waals surface area contributed by atoms with E-state index in [9.17, 15) is 34.7 Å². The number of hydrogen-bond acceptors (Lipinski definition) is 9. The third-order valence-electron chi connectivity index (χ3n) is 6.11. The molecule has 0 heterocycles. The number of benzene rings is 2. The van der Waals surface area contributed by atoms with E-state index in [4.69, 9.17) is 9.47 Å². The molecule has 0 saturated carbocycles. The summed E-state index contributed by atoms with van der Waals surface area (Å²) in [4.78, 5) is 54.4. The number of aliphatic hydroxyl groups is 1. The summed E-state index contributed by atoms with van der Waals surface area (Å²) in [6.45, 7) is 9.91. The van der Waals surface area contributed by atoms with Crippen LogP contribution >= 0.6 is 0 Å². The van der Waals surface area contributed by atoms with Gasteiger partial charge in [0.05, 0.1) is 12.7 Å². The third-order valence-corrected chi connectivity index (χ3v) is 6.11. The number of rotatable bonds is 11. The molecule has 0 aliphatic carbocycles. The highest BCUT2D eigenvalue weighted by Gasteiger charge is 2.39. The Labute approximate surface area is 258 Å². The van der Waals surface area contributed by atoms with Crippen LogP contribution in [0.15, 0.2) is 48.5 Å². The summed E-state index contributed by atoms with van der Waals surface area (Å²) in [5.41, 5.74) is -0.739. The monoisotopic (exact) mass is 610 g/mol. The lowest BCUT2D eigenvalue weighted by Gasteiger charge is -2.34. The topological polar surface area (TPSA) is 178 Å². The number of hydrogen-bond donors (Lipinski definition) is 4. The number of alkyl carbamates (subject to hydrolysis) is 1. The fourth-order valence-electron chi connectivity index (χ4n) is 4.23. The Bertz CT molecular complexity index is 1360. The van der Waals surface area contributed by atoms with E-state index >= 15 is 0 Å². The summed E-state index contributed by atoms with van der Waals surface area (Å²) < 4.78 is 10.8. The zero-order valence-electron chi connectivity index (χ0n) is 26.2. The summed E-state index contributed by atoms with van der Waals surface area (Å²) in [5, 5.41) is 35.6. The maximum atomic E-state index is 14.1. The SMILES string of the molecule is Cc1cccc(C(C(=O)NC(Cc2ccccc2)C(=O)OC(C)(C)C)N(CC#N)C(=O)C(CO)NC(=O)OC(C)(C)C)c1O. The second-order valence-electron chi connectivity index (χ2n) is 12.2. The third kappa shape index (κ3) is 10.6. The summed E-state index contributed by atoms with van der Waals surface area (Å²) in [6, 6.07) is 10.8. The molecular formula is C32H42N4O8. The van der Waals surface area contributed by atoms with Gasteiger partial charge in [-0.2, -0.15) is 5.26 Å². The fraction of sp³-hybridized carbons (Fsp3) is 0.469. The van der Waals surface area contributed by atoms with E-state index in [0.29, 0.717) is 11.1 Å². The second kappa shape index (κ2) is 15.2. The van der Waals surface area contributed by atoms with Gasteiger partial charge in [-0.3, -0.25) is 9.59 Å². The Balaban J connectivity index is 2.59. The Morgan fingerprint density at radius 3 is 2.07 bits per heavy atom. The van der Waals surface area contributed by atoms with E-state index in [-0.39, 0.29) is 17.7 Å². The Hall–Kier alpha value is -4.63. The average molecular weight is 611 g/mol. The van der Waals surface area contributed by atoms with Crippen LogP contribution in [-0.2, 0) is 30.3 Å². The summed E-state index contributed by atoms with van der Waals surface area (Å²) >= 11 is 0. The van der Waals surface area contributed by atoms with Gasteiger partial charge in [-0.05, 0) is 59.6 Å². The number of nitriles is 1. The van der Waals surface area contributed by atoms with Crippen LogP contribution in [0.4, 0.5) is 4.79 Å². The number of nitrogens with zero attached hydrogens (tertiary/aromatic N) is 2. The lowest BCUT2D eigenvalue weighted by molar-refractivity contribution is -0.159. The number of nitrogens with one attached hydrogen (secondary N) is 2. The van der Waals surface area contributed by atoms with Crippen LogP contribution in [0.5, 0.6) is 5.75 Å². The predicted molar refractivity (Wildman–Crippen MR) is 161 cm³/mol. The molecule has 0 aliphatic heterocycles. The number of para-hydroxylation sites is 1. The van der Waals surface area contributed by atoms with E-state index in [1.165, 1.54) is 6.07 Å².